The Hall–Kier alpha value is -1.02. The molecule has 0 radical (unpaired) electrons. The van der Waals surface area contributed by atoms with Gasteiger partial charge in [-0.3, -0.25) is 0 Å². The third-order valence-electron chi connectivity index (χ3n) is 3.43. The Morgan fingerprint density at radius 3 is 2.62 bits per heavy atom. The van der Waals surface area contributed by atoms with Crippen molar-refractivity contribution in [1.82, 2.24) is 0 Å². The molecule has 0 bridgehead atoms. The Bertz CT molecular complexity index is 572. The van der Waals surface area contributed by atoms with Gasteiger partial charge in [0, 0.05) is 27.5 Å². The lowest BCUT2D eigenvalue weighted by Crippen LogP contribution is -2.18. The average Bonchev–Trinajstić information content (AvgIpc) is 2.56. The first-order valence-electron chi connectivity index (χ1n) is 5.55. The minimum atomic E-state index is 0.224. The van der Waals surface area contributed by atoms with E-state index in [0.717, 1.165) is 6.54 Å². The number of hydrogen-bond donors (Lipinski definition) is 1. The van der Waals surface area contributed by atoms with Gasteiger partial charge in [0.15, 0.2) is 0 Å². The van der Waals surface area contributed by atoms with Gasteiger partial charge in [-0.25, -0.2) is 0 Å². The lowest BCUT2D eigenvalue weighted by Gasteiger charge is -2.17. The number of fused-ring (bicyclic) bond motifs is 3. The Morgan fingerprint density at radius 1 is 1.19 bits per heavy atom. The number of anilines is 1. The molecule has 2 aromatic carbocycles. The van der Waals surface area contributed by atoms with Crippen LogP contribution in [0.1, 0.15) is 19.4 Å². The average molecular weight is 276 g/mol. The Labute approximate surface area is 104 Å². The minimum Gasteiger partial charge on any atom is -0.383 e. The molecule has 82 valence electrons. The van der Waals surface area contributed by atoms with E-state index in [1.165, 1.54) is 26.5 Å². The Morgan fingerprint density at radius 2 is 1.88 bits per heavy atom. The van der Waals surface area contributed by atoms with Gasteiger partial charge in [0.1, 0.15) is 0 Å². The van der Waals surface area contributed by atoms with Gasteiger partial charge in [0.05, 0.1) is 0 Å². The number of halogens is 1. The van der Waals surface area contributed by atoms with Crippen LogP contribution in [0.25, 0.3) is 10.8 Å². The fourth-order valence-corrected chi connectivity index (χ4v) is 3.03. The number of nitrogens with one attached hydrogen (secondary N) is 1. The zero-order valence-corrected chi connectivity index (χ0v) is 11.1. The van der Waals surface area contributed by atoms with Gasteiger partial charge in [-0.15, -0.1) is 0 Å². The van der Waals surface area contributed by atoms with Gasteiger partial charge in [-0.1, -0.05) is 54.0 Å². The van der Waals surface area contributed by atoms with E-state index in [2.05, 4.69) is 65.4 Å². The predicted octanol–water partition coefficient (Wildman–Crippen LogP) is 4.31. The van der Waals surface area contributed by atoms with E-state index in [0.29, 0.717) is 0 Å². The van der Waals surface area contributed by atoms with E-state index in [4.69, 9.17) is 0 Å². The Balaban J connectivity index is 2.43. The topological polar surface area (TPSA) is 12.0 Å². The van der Waals surface area contributed by atoms with Crippen molar-refractivity contribution in [3.05, 3.63) is 40.4 Å². The van der Waals surface area contributed by atoms with E-state index >= 15 is 0 Å². The molecule has 0 aromatic heterocycles. The second kappa shape index (κ2) is 3.24. The second-order valence-corrected chi connectivity index (χ2v) is 5.92. The zero-order valence-electron chi connectivity index (χ0n) is 9.47. The standard InChI is InChI=1S/C14H14BrN/c1-14(2)8-16-13-10-6-4-3-5-9(10)12(15)7-11(13)14/h3-7,16H,8H2,1-2H3. The maximum absolute atomic E-state index is 3.67. The van der Waals surface area contributed by atoms with Crippen LogP contribution < -0.4 is 5.32 Å². The lowest BCUT2D eigenvalue weighted by atomic mass is 9.86. The summed E-state index contributed by atoms with van der Waals surface area (Å²) in [4.78, 5) is 0. The maximum Gasteiger partial charge on any atom is 0.0459 e. The van der Waals surface area contributed by atoms with Crippen molar-refractivity contribution in [3.63, 3.8) is 0 Å². The summed E-state index contributed by atoms with van der Waals surface area (Å²) in [6, 6.07) is 10.8. The molecule has 1 N–H and O–H groups in total. The van der Waals surface area contributed by atoms with E-state index in [1.54, 1.807) is 0 Å². The third kappa shape index (κ3) is 1.29. The van der Waals surface area contributed by atoms with E-state index in [-0.39, 0.29) is 5.41 Å². The van der Waals surface area contributed by atoms with Gasteiger partial charge in [0.2, 0.25) is 0 Å². The molecule has 0 saturated heterocycles. The molecule has 1 nitrogen and oxygen atoms in total. The lowest BCUT2D eigenvalue weighted by molar-refractivity contribution is 0.586. The Kier molecular flexibility index (Phi) is 2.05. The highest BCUT2D eigenvalue weighted by Crippen LogP contribution is 2.43. The van der Waals surface area contributed by atoms with Crippen LogP contribution in [0.15, 0.2) is 34.8 Å². The smallest absolute Gasteiger partial charge is 0.0459 e. The molecule has 3 rings (SSSR count). The molecule has 0 saturated carbocycles. The quantitative estimate of drug-likeness (QED) is 0.756. The summed E-state index contributed by atoms with van der Waals surface area (Å²) in [6.07, 6.45) is 0. The van der Waals surface area contributed by atoms with Crippen molar-refractivity contribution in [2.45, 2.75) is 19.3 Å². The summed E-state index contributed by atoms with van der Waals surface area (Å²) in [5.74, 6) is 0. The monoisotopic (exact) mass is 275 g/mol. The molecule has 2 aromatic rings. The van der Waals surface area contributed by atoms with Crippen molar-refractivity contribution in [2.24, 2.45) is 0 Å². The van der Waals surface area contributed by atoms with E-state index in [9.17, 15) is 0 Å². The van der Waals surface area contributed by atoms with Crippen LogP contribution in [-0.2, 0) is 5.41 Å². The van der Waals surface area contributed by atoms with Gasteiger partial charge in [-0.2, -0.15) is 0 Å². The normalized spacial score (nSPS) is 17.2. The summed E-state index contributed by atoms with van der Waals surface area (Å²) in [5, 5.41) is 6.14. The van der Waals surface area contributed by atoms with E-state index < -0.39 is 0 Å². The van der Waals surface area contributed by atoms with Crippen LogP contribution in [0.5, 0.6) is 0 Å². The van der Waals surface area contributed by atoms with Crippen molar-refractivity contribution < 1.29 is 0 Å². The number of hydrogen-bond acceptors (Lipinski definition) is 1. The first kappa shape index (κ1) is 10.2. The van der Waals surface area contributed by atoms with Crippen molar-refractivity contribution in [2.75, 3.05) is 11.9 Å². The van der Waals surface area contributed by atoms with Gasteiger partial charge < -0.3 is 5.32 Å². The summed E-state index contributed by atoms with van der Waals surface area (Å²) in [5.41, 5.74) is 2.95. The van der Waals surface area contributed by atoms with Crippen molar-refractivity contribution >= 4 is 32.4 Å². The molecule has 1 heterocycles. The van der Waals surface area contributed by atoms with Crippen LogP contribution >= 0.6 is 15.9 Å². The molecule has 0 atom stereocenters. The van der Waals surface area contributed by atoms with Gasteiger partial charge >= 0.3 is 0 Å². The molecule has 1 aliphatic heterocycles. The van der Waals surface area contributed by atoms with Crippen LogP contribution in [-0.4, -0.2) is 6.54 Å². The summed E-state index contributed by atoms with van der Waals surface area (Å²) < 4.78 is 1.19. The van der Waals surface area contributed by atoms with Gasteiger partial charge in [-0.05, 0) is 17.0 Å². The van der Waals surface area contributed by atoms with Crippen LogP contribution in [0.4, 0.5) is 5.69 Å². The highest BCUT2D eigenvalue weighted by Gasteiger charge is 2.31. The molecule has 0 unspecified atom stereocenters. The SMILES string of the molecule is CC1(C)CNc2c1cc(Br)c1ccccc21. The summed E-state index contributed by atoms with van der Waals surface area (Å²) >= 11 is 3.67. The molecule has 16 heavy (non-hydrogen) atoms. The molecule has 0 spiro atoms. The molecule has 1 aliphatic rings. The molecule has 2 heteroatoms. The predicted molar refractivity (Wildman–Crippen MR) is 73.2 cm³/mol. The highest BCUT2D eigenvalue weighted by molar-refractivity contribution is 9.10. The second-order valence-electron chi connectivity index (χ2n) is 5.06. The minimum absolute atomic E-state index is 0.224. The first-order valence-corrected chi connectivity index (χ1v) is 6.34. The van der Waals surface area contributed by atoms with Crippen LogP contribution in [0.2, 0.25) is 0 Å². The van der Waals surface area contributed by atoms with E-state index in [1.807, 2.05) is 0 Å². The third-order valence-corrected chi connectivity index (χ3v) is 4.09. The zero-order chi connectivity index (χ0) is 11.3. The molecular weight excluding hydrogens is 262 g/mol. The molecule has 0 amide bonds. The number of benzene rings is 2. The van der Waals surface area contributed by atoms with Gasteiger partial charge in [0.25, 0.3) is 0 Å². The molecular formula is C14H14BrN. The fourth-order valence-electron chi connectivity index (χ4n) is 2.46. The molecule has 0 aliphatic carbocycles. The highest BCUT2D eigenvalue weighted by atomic mass is 79.9. The summed E-state index contributed by atoms with van der Waals surface area (Å²) in [6.45, 7) is 5.59. The van der Waals surface area contributed by atoms with Crippen LogP contribution in [0.3, 0.4) is 0 Å². The molecule has 0 fully saturated rings. The maximum atomic E-state index is 3.67. The largest absolute Gasteiger partial charge is 0.383 e. The van der Waals surface area contributed by atoms with Crippen molar-refractivity contribution in [3.8, 4) is 0 Å². The number of rotatable bonds is 0. The first-order chi connectivity index (χ1) is 7.59. The fraction of sp³-hybridized carbons (Fsp3) is 0.286. The van der Waals surface area contributed by atoms with Crippen LogP contribution in [0, 0.1) is 0 Å². The van der Waals surface area contributed by atoms with Crippen molar-refractivity contribution in [1.29, 1.82) is 0 Å². The summed E-state index contributed by atoms with van der Waals surface area (Å²) in [7, 11) is 0.